The first-order valence-electron chi connectivity index (χ1n) is 7.46. The van der Waals surface area contributed by atoms with Crippen molar-refractivity contribution in [1.82, 2.24) is 9.80 Å². The minimum absolute atomic E-state index is 0.0377. The van der Waals surface area contributed by atoms with Crippen molar-refractivity contribution in [2.24, 2.45) is 0 Å². The molecule has 0 aromatic rings. The summed E-state index contributed by atoms with van der Waals surface area (Å²) in [4.78, 5) is 38.2. The number of hydrogen-bond donors (Lipinski definition) is 1. The van der Waals surface area contributed by atoms with Crippen molar-refractivity contribution in [3.8, 4) is 0 Å². The van der Waals surface area contributed by atoms with Gasteiger partial charge in [-0.05, 0) is 26.7 Å². The first-order chi connectivity index (χ1) is 9.68. The Morgan fingerprint density at radius 1 is 0.952 bits per heavy atom. The smallest absolute Gasteiger partial charge is 0.329 e. The fourth-order valence-electron chi connectivity index (χ4n) is 1.90. The van der Waals surface area contributed by atoms with Crippen molar-refractivity contribution in [2.45, 2.75) is 58.9 Å². The van der Waals surface area contributed by atoms with E-state index in [4.69, 9.17) is 5.11 Å². The molecule has 2 amide bonds. The van der Waals surface area contributed by atoms with Crippen LogP contribution in [0.5, 0.6) is 0 Å². The highest BCUT2D eigenvalue weighted by atomic mass is 16.4. The minimum atomic E-state index is -1.27. The third-order valence-corrected chi connectivity index (χ3v) is 3.63. The van der Waals surface area contributed by atoms with Gasteiger partial charge in [-0.1, -0.05) is 13.8 Å². The number of likely N-dealkylation sites (N-methyl/N-ethyl adjacent to an activating group) is 1. The second-order valence-electron chi connectivity index (χ2n) is 5.70. The fraction of sp³-hybridized carbons (Fsp3) is 0.800. The molecule has 122 valence electrons. The number of hydrogen-bond acceptors (Lipinski definition) is 3. The molecule has 0 saturated carbocycles. The number of carbonyl (C=O) groups is 3. The summed E-state index contributed by atoms with van der Waals surface area (Å²) in [5.41, 5.74) is -1.27. The van der Waals surface area contributed by atoms with Crippen molar-refractivity contribution in [3.63, 3.8) is 0 Å². The highest BCUT2D eigenvalue weighted by Crippen LogP contribution is 2.14. The molecule has 21 heavy (non-hydrogen) atoms. The molecular formula is C15H28N2O4. The number of rotatable bonds is 9. The zero-order valence-electron chi connectivity index (χ0n) is 13.8. The van der Waals surface area contributed by atoms with E-state index in [1.807, 2.05) is 13.8 Å². The Labute approximate surface area is 127 Å². The third-order valence-electron chi connectivity index (χ3n) is 3.63. The Hall–Kier alpha value is -1.59. The quantitative estimate of drug-likeness (QED) is 0.703. The van der Waals surface area contributed by atoms with Crippen LogP contribution in [0, 0.1) is 0 Å². The lowest BCUT2D eigenvalue weighted by molar-refractivity contribution is -0.155. The molecule has 0 aliphatic rings. The van der Waals surface area contributed by atoms with Gasteiger partial charge in [-0.25, -0.2) is 4.79 Å². The first kappa shape index (κ1) is 19.4. The molecule has 0 bridgehead atoms. The average Bonchev–Trinajstić information content (AvgIpc) is 2.42. The molecule has 6 heteroatoms. The molecule has 0 aromatic heterocycles. The lowest BCUT2D eigenvalue weighted by Crippen LogP contribution is -2.50. The van der Waals surface area contributed by atoms with Gasteiger partial charge in [0.05, 0.1) is 0 Å². The Morgan fingerprint density at radius 2 is 1.38 bits per heavy atom. The molecule has 0 saturated heterocycles. The largest absolute Gasteiger partial charge is 0.480 e. The second kappa shape index (κ2) is 8.64. The van der Waals surface area contributed by atoms with Crippen LogP contribution >= 0.6 is 0 Å². The van der Waals surface area contributed by atoms with E-state index in [1.54, 1.807) is 4.90 Å². The summed E-state index contributed by atoms with van der Waals surface area (Å²) in [5.74, 6) is -1.44. The minimum Gasteiger partial charge on any atom is -0.480 e. The fourth-order valence-corrected chi connectivity index (χ4v) is 1.90. The molecule has 0 rings (SSSR count). The average molecular weight is 300 g/mol. The summed E-state index contributed by atoms with van der Waals surface area (Å²) in [5, 5.41) is 9.10. The van der Waals surface area contributed by atoms with Gasteiger partial charge >= 0.3 is 5.97 Å². The maximum Gasteiger partial charge on any atom is 0.329 e. The van der Waals surface area contributed by atoms with Crippen LogP contribution in [0.3, 0.4) is 0 Å². The number of amides is 2. The monoisotopic (exact) mass is 300 g/mol. The first-order valence-corrected chi connectivity index (χ1v) is 7.46. The third kappa shape index (κ3) is 5.73. The van der Waals surface area contributed by atoms with Gasteiger partial charge in [-0.2, -0.15) is 0 Å². The van der Waals surface area contributed by atoms with Crippen molar-refractivity contribution in [3.05, 3.63) is 0 Å². The zero-order chi connectivity index (χ0) is 16.6. The van der Waals surface area contributed by atoms with E-state index in [2.05, 4.69) is 0 Å². The van der Waals surface area contributed by atoms with E-state index < -0.39 is 11.5 Å². The van der Waals surface area contributed by atoms with Gasteiger partial charge in [0.1, 0.15) is 5.54 Å². The SMILES string of the molecule is CCCN(CCC)C(=O)CCC(=O)N(C)C(C)(C)C(=O)O. The summed E-state index contributed by atoms with van der Waals surface area (Å²) >= 11 is 0. The van der Waals surface area contributed by atoms with Gasteiger partial charge < -0.3 is 14.9 Å². The summed E-state index contributed by atoms with van der Waals surface area (Å²) < 4.78 is 0. The highest BCUT2D eigenvalue weighted by Gasteiger charge is 2.35. The summed E-state index contributed by atoms with van der Waals surface area (Å²) in [6.07, 6.45) is 1.92. The Kier molecular flexibility index (Phi) is 7.99. The standard InChI is InChI=1S/C15H28N2O4/c1-6-10-17(11-7-2)13(19)9-8-12(18)16(5)15(3,4)14(20)21/h6-11H2,1-5H3,(H,20,21). The number of carbonyl (C=O) groups excluding carboxylic acids is 2. The molecule has 0 aliphatic carbocycles. The van der Waals surface area contributed by atoms with Crippen molar-refractivity contribution >= 4 is 17.8 Å². The molecule has 0 aliphatic heterocycles. The van der Waals surface area contributed by atoms with Gasteiger partial charge in [0.15, 0.2) is 0 Å². The lowest BCUT2D eigenvalue weighted by Gasteiger charge is -2.31. The highest BCUT2D eigenvalue weighted by molar-refractivity contribution is 5.88. The van der Waals surface area contributed by atoms with E-state index in [0.29, 0.717) is 13.1 Å². The number of aliphatic carboxylic acids is 1. The van der Waals surface area contributed by atoms with E-state index >= 15 is 0 Å². The van der Waals surface area contributed by atoms with Gasteiger partial charge in [-0.15, -0.1) is 0 Å². The van der Waals surface area contributed by atoms with E-state index in [0.717, 1.165) is 12.8 Å². The Bertz CT molecular complexity index is 374. The Morgan fingerprint density at radius 3 is 1.76 bits per heavy atom. The van der Waals surface area contributed by atoms with E-state index in [-0.39, 0.29) is 24.7 Å². The maximum atomic E-state index is 12.1. The molecule has 6 nitrogen and oxygen atoms in total. The van der Waals surface area contributed by atoms with Gasteiger partial charge in [0, 0.05) is 33.0 Å². The predicted molar refractivity (Wildman–Crippen MR) is 80.9 cm³/mol. The number of nitrogens with zero attached hydrogens (tertiary/aromatic N) is 2. The molecule has 0 spiro atoms. The molecule has 0 heterocycles. The molecule has 1 N–H and O–H groups in total. The van der Waals surface area contributed by atoms with E-state index in [9.17, 15) is 14.4 Å². The molecule has 0 unspecified atom stereocenters. The molecule has 0 fully saturated rings. The summed E-state index contributed by atoms with van der Waals surface area (Å²) in [7, 11) is 1.46. The second-order valence-corrected chi connectivity index (χ2v) is 5.70. The molecular weight excluding hydrogens is 272 g/mol. The van der Waals surface area contributed by atoms with Crippen LogP contribution in [-0.2, 0) is 14.4 Å². The van der Waals surface area contributed by atoms with Crippen LogP contribution < -0.4 is 0 Å². The van der Waals surface area contributed by atoms with Crippen LogP contribution in [0.25, 0.3) is 0 Å². The number of carboxylic acids is 1. The van der Waals surface area contributed by atoms with Gasteiger partial charge in [0.25, 0.3) is 0 Å². The van der Waals surface area contributed by atoms with Crippen molar-refractivity contribution in [2.75, 3.05) is 20.1 Å². The van der Waals surface area contributed by atoms with Crippen LogP contribution in [0.4, 0.5) is 0 Å². The lowest BCUT2D eigenvalue weighted by atomic mass is 10.0. The van der Waals surface area contributed by atoms with E-state index in [1.165, 1.54) is 25.8 Å². The summed E-state index contributed by atoms with van der Waals surface area (Å²) in [6, 6.07) is 0. The topological polar surface area (TPSA) is 77.9 Å². The Balaban J connectivity index is 4.53. The zero-order valence-corrected chi connectivity index (χ0v) is 13.8. The molecule has 0 atom stereocenters. The maximum absolute atomic E-state index is 12.1. The van der Waals surface area contributed by atoms with Gasteiger partial charge in [0.2, 0.25) is 11.8 Å². The van der Waals surface area contributed by atoms with Crippen molar-refractivity contribution < 1.29 is 19.5 Å². The number of carboxylic acid groups (broad SMARTS) is 1. The van der Waals surface area contributed by atoms with Crippen LogP contribution in [-0.4, -0.2) is 58.4 Å². The van der Waals surface area contributed by atoms with Crippen LogP contribution in [0.1, 0.15) is 53.4 Å². The summed E-state index contributed by atoms with van der Waals surface area (Å²) in [6.45, 7) is 8.33. The molecule has 0 aromatic carbocycles. The predicted octanol–water partition coefficient (Wildman–Crippen LogP) is 1.74. The van der Waals surface area contributed by atoms with Gasteiger partial charge in [-0.3, -0.25) is 9.59 Å². The normalized spacial score (nSPS) is 11.1. The van der Waals surface area contributed by atoms with Crippen LogP contribution in [0.15, 0.2) is 0 Å². The molecule has 0 radical (unpaired) electrons. The van der Waals surface area contributed by atoms with Crippen LogP contribution in [0.2, 0.25) is 0 Å². The van der Waals surface area contributed by atoms with Crippen molar-refractivity contribution in [1.29, 1.82) is 0 Å².